The van der Waals surface area contributed by atoms with E-state index in [0.29, 0.717) is 16.9 Å². The Morgan fingerprint density at radius 1 is 1.29 bits per heavy atom. The lowest BCUT2D eigenvalue weighted by Crippen LogP contribution is -2.03. The van der Waals surface area contributed by atoms with Gasteiger partial charge in [-0.05, 0) is 32.0 Å². The summed E-state index contributed by atoms with van der Waals surface area (Å²) < 4.78 is 5.67. The molecule has 0 aliphatic heterocycles. The first-order valence-corrected chi connectivity index (χ1v) is 6.62. The van der Waals surface area contributed by atoms with Crippen LogP contribution in [0.4, 0.5) is 5.69 Å². The van der Waals surface area contributed by atoms with Crippen LogP contribution in [-0.4, -0.2) is 10.0 Å². The van der Waals surface area contributed by atoms with Gasteiger partial charge in [-0.15, -0.1) is 0 Å². The van der Waals surface area contributed by atoms with E-state index in [4.69, 9.17) is 4.74 Å². The molecule has 5 heteroatoms. The SMILES string of the molecule is Cc1ccc(OCc2ccccc2[N+](=O)[O-])c(C(C)O)c1. The van der Waals surface area contributed by atoms with Gasteiger partial charge >= 0.3 is 0 Å². The van der Waals surface area contributed by atoms with Crippen molar-refractivity contribution >= 4 is 5.69 Å². The van der Waals surface area contributed by atoms with Gasteiger partial charge in [-0.2, -0.15) is 0 Å². The molecule has 0 bridgehead atoms. The number of nitro benzene ring substituents is 1. The van der Waals surface area contributed by atoms with Gasteiger partial charge in [0, 0.05) is 11.6 Å². The summed E-state index contributed by atoms with van der Waals surface area (Å²) in [5.41, 5.74) is 2.22. The Morgan fingerprint density at radius 2 is 2.00 bits per heavy atom. The quantitative estimate of drug-likeness (QED) is 0.674. The van der Waals surface area contributed by atoms with Crippen LogP contribution in [0.5, 0.6) is 5.75 Å². The van der Waals surface area contributed by atoms with E-state index in [-0.39, 0.29) is 12.3 Å². The second kappa shape index (κ2) is 6.37. The van der Waals surface area contributed by atoms with Crippen LogP contribution >= 0.6 is 0 Å². The Bertz CT molecular complexity index is 652. The highest BCUT2D eigenvalue weighted by Gasteiger charge is 2.14. The van der Waals surface area contributed by atoms with Crippen molar-refractivity contribution in [3.8, 4) is 5.75 Å². The topological polar surface area (TPSA) is 72.6 Å². The Kier molecular flexibility index (Phi) is 4.55. The van der Waals surface area contributed by atoms with Crippen LogP contribution in [0.1, 0.15) is 29.7 Å². The van der Waals surface area contributed by atoms with Gasteiger partial charge in [0.05, 0.1) is 16.6 Å². The minimum atomic E-state index is -0.661. The monoisotopic (exact) mass is 287 g/mol. The van der Waals surface area contributed by atoms with Crippen LogP contribution in [0, 0.1) is 17.0 Å². The molecule has 0 fully saturated rings. The van der Waals surface area contributed by atoms with Crippen LogP contribution < -0.4 is 4.74 Å². The first-order chi connectivity index (χ1) is 9.99. The third kappa shape index (κ3) is 3.58. The molecule has 1 unspecified atom stereocenters. The number of aryl methyl sites for hydroxylation is 1. The third-order valence-corrected chi connectivity index (χ3v) is 3.19. The molecule has 0 radical (unpaired) electrons. The van der Waals surface area contributed by atoms with E-state index in [1.165, 1.54) is 6.07 Å². The van der Waals surface area contributed by atoms with E-state index in [0.717, 1.165) is 5.56 Å². The van der Waals surface area contributed by atoms with E-state index in [2.05, 4.69) is 0 Å². The maximum absolute atomic E-state index is 11.0. The summed E-state index contributed by atoms with van der Waals surface area (Å²) in [5.74, 6) is 0.536. The van der Waals surface area contributed by atoms with Gasteiger partial charge in [-0.25, -0.2) is 0 Å². The van der Waals surface area contributed by atoms with Crippen molar-refractivity contribution < 1.29 is 14.8 Å². The lowest BCUT2D eigenvalue weighted by Gasteiger charge is -2.14. The Morgan fingerprint density at radius 3 is 2.67 bits per heavy atom. The molecule has 110 valence electrons. The number of hydrogen-bond acceptors (Lipinski definition) is 4. The lowest BCUT2D eigenvalue weighted by atomic mass is 10.1. The smallest absolute Gasteiger partial charge is 0.276 e. The molecule has 0 saturated carbocycles. The Balaban J connectivity index is 2.23. The van der Waals surface area contributed by atoms with E-state index >= 15 is 0 Å². The summed E-state index contributed by atoms with van der Waals surface area (Å²) in [5, 5.41) is 20.7. The van der Waals surface area contributed by atoms with Crippen LogP contribution in [-0.2, 0) is 6.61 Å². The summed E-state index contributed by atoms with van der Waals surface area (Å²) >= 11 is 0. The van der Waals surface area contributed by atoms with Gasteiger partial charge < -0.3 is 9.84 Å². The van der Waals surface area contributed by atoms with Gasteiger partial charge in [0.15, 0.2) is 0 Å². The normalized spacial score (nSPS) is 12.0. The number of aliphatic hydroxyl groups is 1. The molecule has 2 rings (SSSR count). The molecule has 0 spiro atoms. The molecule has 2 aromatic carbocycles. The molecule has 0 aromatic heterocycles. The second-order valence-corrected chi connectivity index (χ2v) is 4.89. The van der Waals surface area contributed by atoms with E-state index in [1.54, 1.807) is 31.2 Å². The van der Waals surface area contributed by atoms with Crippen molar-refractivity contribution in [2.24, 2.45) is 0 Å². The minimum Gasteiger partial charge on any atom is -0.488 e. The zero-order chi connectivity index (χ0) is 15.4. The van der Waals surface area contributed by atoms with E-state index in [9.17, 15) is 15.2 Å². The standard InChI is InChI=1S/C16H17NO4/c1-11-7-8-16(14(9-11)12(2)18)21-10-13-5-3-4-6-15(13)17(19)20/h3-9,12,18H,10H2,1-2H3. The fourth-order valence-electron chi connectivity index (χ4n) is 2.09. The molecule has 1 atom stereocenters. The van der Waals surface area contributed by atoms with Crippen LogP contribution in [0.25, 0.3) is 0 Å². The van der Waals surface area contributed by atoms with Crippen molar-refractivity contribution in [1.29, 1.82) is 0 Å². The highest BCUT2D eigenvalue weighted by atomic mass is 16.6. The fraction of sp³-hybridized carbons (Fsp3) is 0.250. The summed E-state index contributed by atoms with van der Waals surface area (Å²) in [6, 6.07) is 12.0. The Labute approximate surface area is 123 Å². The largest absolute Gasteiger partial charge is 0.488 e. The van der Waals surface area contributed by atoms with Crippen molar-refractivity contribution in [3.05, 3.63) is 69.3 Å². The number of benzene rings is 2. The van der Waals surface area contributed by atoms with Gasteiger partial charge in [-0.1, -0.05) is 23.8 Å². The first kappa shape index (κ1) is 15.0. The molecule has 21 heavy (non-hydrogen) atoms. The highest BCUT2D eigenvalue weighted by Crippen LogP contribution is 2.28. The molecule has 5 nitrogen and oxygen atoms in total. The second-order valence-electron chi connectivity index (χ2n) is 4.89. The molecular weight excluding hydrogens is 270 g/mol. The zero-order valence-corrected chi connectivity index (χ0v) is 11.9. The summed E-state index contributed by atoms with van der Waals surface area (Å²) in [6.45, 7) is 3.67. The number of hydrogen-bond donors (Lipinski definition) is 1. The van der Waals surface area contributed by atoms with Gasteiger partial charge in [-0.3, -0.25) is 10.1 Å². The number of para-hydroxylation sites is 1. The molecule has 0 aliphatic rings. The Hall–Kier alpha value is -2.40. The van der Waals surface area contributed by atoms with Crippen molar-refractivity contribution in [2.45, 2.75) is 26.6 Å². The van der Waals surface area contributed by atoms with Crippen molar-refractivity contribution in [1.82, 2.24) is 0 Å². The number of aliphatic hydroxyl groups excluding tert-OH is 1. The summed E-state index contributed by atoms with van der Waals surface area (Å²) in [7, 11) is 0. The van der Waals surface area contributed by atoms with E-state index in [1.807, 2.05) is 19.1 Å². The fourth-order valence-corrected chi connectivity index (χ4v) is 2.09. The maximum Gasteiger partial charge on any atom is 0.276 e. The maximum atomic E-state index is 11.0. The molecule has 0 amide bonds. The van der Waals surface area contributed by atoms with E-state index < -0.39 is 11.0 Å². The third-order valence-electron chi connectivity index (χ3n) is 3.19. The number of nitro groups is 1. The van der Waals surface area contributed by atoms with Gasteiger partial charge in [0.1, 0.15) is 12.4 Å². The lowest BCUT2D eigenvalue weighted by molar-refractivity contribution is -0.385. The van der Waals surface area contributed by atoms with Crippen LogP contribution in [0.2, 0.25) is 0 Å². The van der Waals surface area contributed by atoms with Crippen LogP contribution in [0.15, 0.2) is 42.5 Å². The predicted octanol–water partition coefficient (Wildman–Crippen LogP) is 3.54. The molecule has 0 heterocycles. The molecule has 2 aromatic rings. The van der Waals surface area contributed by atoms with Gasteiger partial charge in [0.2, 0.25) is 0 Å². The summed E-state index contributed by atoms with van der Waals surface area (Å²) in [6.07, 6.45) is -0.661. The molecule has 1 N–H and O–H groups in total. The average Bonchev–Trinajstić information content (AvgIpc) is 2.46. The molecule has 0 saturated heterocycles. The van der Waals surface area contributed by atoms with Crippen molar-refractivity contribution in [2.75, 3.05) is 0 Å². The van der Waals surface area contributed by atoms with Crippen molar-refractivity contribution in [3.63, 3.8) is 0 Å². The molecule has 0 aliphatic carbocycles. The minimum absolute atomic E-state index is 0.0307. The zero-order valence-electron chi connectivity index (χ0n) is 11.9. The highest BCUT2D eigenvalue weighted by molar-refractivity contribution is 5.41. The predicted molar refractivity (Wildman–Crippen MR) is 79.2 cm³/mol. The van der Waals surface area contributed by atoms with Gasteiger partial charge in [0.25, 0.3) is 5.69 Å². The first-order valence-electron chi connectivity index (χ1n) is 6.62. The van der Waals surface area contributed by atoms with Crippen LogP contribution in [0.3, 0.4) is 0 Å². The number of rotatable bonds is 5. The number of ether oxygens (including phenoxy) is 1. The summed E-state index contributed by atoms with van der Waals surface area (Å²) in [4.78, 5) is 10.5. The average molecular weight is 287 g/mol. The number of nitrogens with zero attached hydrogens (tertiary/aromatic N) is 1. The molecular formula is C16H17NO4.